The zero-order valence-corrected chi connectivity index (χ0v) is 22.4. The highest BCUT2D eigenvalue weighted by Gasteiger charge is 2.36. The number of nitrogens with zero attached hydrogens (tertiary/aromatic N) is 1. The average Bonchev–Trinajstić information content (AvgIpc) is 3.59. The van der Waals surface area contributed by atoms with Gasteiger partial charge >= 0.3 is 6.18 Å². The first kappa shape index (κ1) is 27.1. The number of benzene rings is 2. The molecular weight excluding hydrogens is 559 g/mol. The number of hydrogen-bond acceptors (Lipinski definition) is 7. The first-order valence-corrected chi connectivity index (χ1v) is 13.5. The maximum Gasteiger partial charge on any atom is 0.417 e. The number of halogens is 3. The predicted molar refractivity (Wildman–Crippen MR) is 153 cm³/mol. The molecule has 3 heterocycles. The Balaban J connectivity index is 1.42. The van der Waals surface area contributed by atoms with Crippen molar-refractivity contribution in [1.82, 2.24) is 4.98 Å². The fourth-order valence-corrected chi connectivity index (χ4v) is 5.60. The minimum Gasteiger partial charge on any atom is -0.497 e. The van der Waals surface area contributed by atoms with Gasteiger partial charge in [-0.3, -0.25) is 9.59 Å². The summed E-state index contributed by atoms with van der Waals surface area (Å²) in [5.41, 5.74) is 6.12. The van der Waals surface area contributed by atoms with Gasteiger partial charge in [0.1, 0.15) is 15.5 Å². The van der Waals surface area contributed by atoms with E-state index in [0.717, 1.165) is 22.3 Å². The number of pyridine rings is 1. The highest BCUT2D eigenvalue weighted by molar-refractivity contribution is 7.21. The van der Waals surface area contributed by atoms with Gasteiger partial charge in [0.15, 0.2) is 5.78 Å². The van der Waals surface area contributed by atoms with Crippen LogP contribution in [0.2, 0.25) is 0 Å². The Bertz CT molecular complexity index is 1730. The second-order valence-corrected chi connectivity index (χ2v) is 10.5. The van der Waals surface area contributed by atoms with E-state index in [-0.39, 0.29) is 32.3 Å². The van der Waals surface area contributed by atoms with Gasteiger partial charge in [0.05, 0.1) is 24.1 Å². The summed E-state index contributed by atoms with van der Waals surface area (Å²) in [6.45, 7) is 0. The van der Waals surface area contributed by atoms with Crippen LogP contribution in [0.15, 0.2) is 78.2 Å². The average molecular weight is 580 g/mol. The van der Waals surface area contributed by atoms with Gasteiger partial charge in [-0.05, 0) is 78.2 Å². The number of carbonyl (C=O) groups excluding carboxylic acids is 2. The van der Waals surface area contributed by atoms with Crippen LogP contribution >= 0.6 is 22.7 Å². The summed E-state index contributed by atoms with van der Waals surface area (Å²) in [6.07, 6.45) is -1.55. The van der Waals surface area contributed by atoms with Gasteiger partial charge in [-0.15, -0.1) is 22.7 Å². The van der Waals surface area contributed by atoms with Gasteiger partial charge < -0.3 is 15.8 Å². The standard InChI is InChI=1S/C29H20F3N3O3S2/c1-38-19-10-6-16(7-11-19)22-15-21(29(30,31)32)24-25(33)26(40-28(24)35-22)27(37)34-18-8-4-17(5-9-18)23(36)13-12-20-3-2-14-39-20/h2-15H,33H2,1H3,(H,34,37)/b13-12+. The quantitative estimate of drug-likeness (QED) is 0.152. The Labute approximate surface area is 234 Å². The maximum absolute atomic E-state index is 14.1. The molecule has 0 fully saturated rings. The van der Waals surface area contributed by atoms with E-state index in [1.165, 1.54) is 36.7 Å². The molecule has 0 saturated carbocycles. The van der Waals surface area contributed by atoms with Crippen LogP contribution < -0.4 is 15.8 Å². The van der Waals surface area contributed by atoms with Crippen LogP contribution in [0.4, 0.5) is 24.5 Å². The Morgan fingerprint density at radius 2 is 1.77 bits per heavy atom. The van der Waals surface area contributed by atoms with E-state index in [0.29, 0.717) is 22.6 Å². The van der Waals surface area contributed by atoms with Crippen molar-refractivity contribution in [3.8, 4) is 17.0 Å². The number of ketones is 1. The minimum atomic E-state index is -4.73. The summed E-state index contributed by atoms with van der Waals surface area (Å²) in [5.74, 6) is -0.345. The molecule has 202 valence electrons. The van der Waals surface area contributed by atoms with Crippen LogP contribution in [-0.2, 0) is 6.18 Å². The Morgan fingerprint density at radius 1 is 1.05 bits per heavy atom. The number of fused-ring (bicyclic) bond motifs is 1. The van der Waals surface area contributed by atoms with Gasteiger partial charge in [0, 0.05) is 27.1 Å². The molecule has 0 bridgehead atoms. The maximum atomic E-state index is 14.1. The van der Waals surface area contributed by atoms with Crippen molar-refractivity contribution in [3.63, 3.8) is 0 Å². The summed E-state index contributed by atoms with van der Waals surface area (Å²) in [4.78, 5) is 30.7. The number of nitrogens with two attached hydrogens (primary N) is 1. The number of alkyl halides is 3. The van der Waals surface area contributed by atoms with Crippen molar-refractivity contribution in [3.05, 3.63) is 99.1 Å². The van der Waals surface area contributed by atoms with Gasteiger partial charge in [0.25, 0.3) is 5.91 Å². The van der Waals surface area contributed by atoms with E-state index in [1.807, 2.05) is 17.5 Å². The predicted octanol–water partition coefficient (Wildman–Crippen LogP) is 7.78. The molecule has 1 amide bonds. The highest BCUT2D eigenvalue weighted by Crippen LogP contribution is 2.43. The molecular formula is C29H20F3N3O3S2. The number of carbonyl (C=O) groups is 2. The Morgan fingerprint density at radius 3 is 2.40 bits per heavy atom. The molecule has 3 N–H and O–H groups in total. The fraction of sp³-hybridized carbons (Fsp3) is 0.0690. The molecule has 0 spiro atoms. The number of thiophene rings is 2. The summed E-state index contributed by atoms with van der Waals surface area (Å²) in [6, 6.07) is 17.3. The number of nitrogens with one attached hydrogen (secondary N) is 1. The summed E-state index contributed by atoms with van der Waals surface area (Å²) in [5, 5.41) is 4.23. The number of rotatable bonds is 7. The lowest BCUT2D eigenvalue weighted by Crippen LogP contribution is -2.12. The van der Waals surface area contributed by atoms with Gasteiger partial charge in [-0.25, -0.2) is 4.98 Å². The van der Waals surface area contributed by atoms with E-state index in [2.05, 4.69) is 10.3 Å². The molecule has 6 nitrogen and oxygen atoms in total. The number of allylic oxidation sites excluding steroid dienone is 1. The van der Waals surface area contributed by atoms with E-state index in [1.54, 1.807) is 42.5 Å². The number of aromatic nitrogens is 1. The first-order valence-electron chi connectivity index (χ1n) is 11.8. The van der Waals surface area contributed by atoms with Crippen LogP contribution in [0.3, 0.4) is 0 Å². The Hall–Kier alpha value is -4.48. The van der Waals surface area contributed by atoms with Crippen LogP contribution in [-0.4, -0.2) is 23.8 Å². The summed E-state index contributed by atoms with van der Waals surface area (Å²) in [7, 11) is 1.49. The zero-order valence-electron chi connectivity index (χ0n) is 20.8. The molecule has 0 unspecified atom stereocenters. The van der Waals surface area contributed by atoms with Crippen LogP contribution in [0.25, 0.3) is 27.6 Å². The van der Waals surface area contributed by atoms with E-state index in [4.69, 9.17) is 10.5 Å². The number of nitrogen functional groups attached to an aromatic ring is 1. The third kappa shape index (κ3) is 5.61. The van der Waals surface area contributed by atoms with E-state index >= 15 is 0 Å². The van der Waals surface area contributed by atoms with Crippen molar-refractivity contribution in [2.75, 3.05) is 18.2 Å². The van der Waals surface area contributed by atoms with E-state index in [9.17, 15) is 22.8 Å². The summed E-state index contributed by atoms with van der Waals surface area (Å²) < 4.78 is 47.3. The molecule has 5 aromatic rings. The molecule has 0 aliphatic rings. The molecule has 0 saturated heterocycles. The second kappa shape index (κ2) is 10.9. The van der Waals surface area contributed by atoms with Crippen LogP contribution in [0.1, 0.15) is 30.5 Å². The molecule has 5 rings (SSSR count). The monoisotopic (exact) mass is 579 g/mol. The number of amides is 1. The third-order valence-corrected chi connectivity index (χ3v) is 7.90. The molecule has 0 radical (unpaired) electrons. The fourth-order valence-electron chi connectivity index (χ4n) is 3.97. The lowest BCUT2D eigenvalue weighted by molar-refractivity contribution is -0.136. The second-order valence-electron chi connectivity index (χ2n) is 8.55. The lowest BCUT2D eigenvalue weighted by Gasteiger charge is -2.11. The van der Waals surface area contributed by atoms with Gasteiger partial charge in [0.2, 0.25) is 0 Å². The highest BCUT2D eigenvalue weighted by atomic mass is 32.1. The Kier molecular flexibility index (Phi) is 7.42. The molecule has 2 aromatic carbocycles. The van der Waals surface area contributed by atoms with Crippen molar-refractivity contribution in [2.45, 2.75) is 6.18 Å². The molecule has 11 heteroatoms. The largest absolute Gasteiger partial charge is 0.497 e. The third-order valence-electron chi connectivity index (χ3n) is 5.97. The molecule has 3 aromatic heterocycles. The lowest BCUT2D eigenvalue weighted by atomic mass is 10.1. The minimum absolute atomic E-state index is 0.0123. The van der Waals surface area contributed by atoms with Crippen LogP contribution in [0, 0.1) is 0 Å². The molecule has 0 aliphatic carbocycles. The number of anilines is 2. The van der Waals surface area contributed by atoms with Gasteiger partial charge in [-0.1, -0.05) is 6.07 Å². The molecule has 0 aliphatic heterocycles. The van der Waals surface area contributed by atoms with Crippen molar-refractivity contribution < 1.29 is 27.5 Å². The van der Waals surface area contributed by atoms with Crippen LogP contribution in [0.5, 0.6) is 5.75 Å². The number of methoxy groups -OCH3 is 1. The van der Waals surface area contributed by atoms with Crippen molar-refractivity contribution >= 4 is 62.0 Å². The van der Waals surface area contributed by atoms with Crippen molar-refractivity contribution in [2.24, 2.45) is 0 Å². The van der Waals surface area contributed by atoms with Gasteiger partial charge in [-0.2, -0.15) is 13.2 Å². The van der Waals surface area contributed by atoms with E-state index < -0.39 is 17.6 Å². The SMILES string of the molecule is COc1ccc(-c2cc(C(F)(F)F)c3c(N)c(C(=O)Nc4ccc(C(=O)/C=C/c5cccs5)cc4)sc3n2)cc1. The van der Waals surface area contributed by atoms with Crippen molar-refractivity contribution in [1.29, 1.82) is 0 Å². The molecule has 0 atom stereocenters. The molecule has 40 heavy (non-hydrogen) atoms. The smallest absolute Gasteiger partial charge is 0.417 e. The summed E-state index contributed by atoms with van der Waals surface area (Å²) >= 11 is 2.28. The number of ether oxygens (including phenoxy) is 1. The number of hydrogen-bond donors (Lipinski definition) is 2. The zero-order chi connectivity index (χ0) is 28.4. The first-order chi connectivity index (χ1) is 19.1. The normalized spacial score (nSPS) is 11.7. The topological polar surface area (TPSA) is 94.3 Å².